The van der Waals surface area contributed by atoms with Crippen LogP contribution in [0, 0.1) is 0 Å². The van der Waals surface area contributed by atoms with E-state index in [1.54, 1.807) is 48.5 Å². The van der Waals surface area contributed by atoms with E-state index in [1.165, 1.54) is 0 Å². The first-order valence-corrected chi connectivity index (χ1v) is 8.11. The molecule has 4 heteroatoms. The maximum atomic E-state index is 10.0. The molecule has 0 radical (unpaired) electrons. The van der Waals surface area contributed by atoms with Gasteiger partial charge in [-0.15, -0.1) is 0 Å². The molecule has 0 spiro atoms. The van der Waals surface area contributed by atoms with Gasteiger partial charge in [0, 0.05) is 17.0 Å². The van der Waals surface area contributed by atoms with Gasteiger partial charge in [0.05, 0.1) is 0 Å². The molecule has 1 heterocycles. The minimum atomic E-state index is 0.120. The minimum Gasteiger partial charge on any atom is -0.508 e. The number of phenols is 3. The van der Waals surface area contributed by atoms with Crippen LogP contribution in [0.1, 0.15) is 11.1 Å². The van der Waals surface area contributed by atoms with Crippen LogP contribution >= 0.6 is 0 Å². The predicted octanol–water partition coefficient (Wildman–Crippen LogP) is 5.39. The number of phenolic OH excluding ortho intramolecular Hbond substituents is 3. The van der Waals surface area contributed by atoms with E-state index < -0.39 is 0 Å². The number of aromatic hydroxyl groups is 3. The van der Waals surface area contributed by atoms with Crippen molar-refractivity contribution in [2.45, 2.75) is 0 Å². The summed E-state index contributed by atoms with van der Waals surface area (Å²) < 4.78 is 5.87. The lowest BCUT2D eigenvalue weighted by molar-refractivity contribution is 0.474. The highest BCUT2D eigenvalue weighted by molar-refractivity contribution is 5.93. The molecule has 0 aliphatic heterocycles. The Bertz CT molecular complexity index is 1090. The second kappa shape index (κ2) is 6.33. The Labute approximate surface area is 149 Å². The Kier molecular flexibility index (Phi) is 3.86. The molecule has 4 aromatic rings. The number of hydrogen-bond acceptors (Lipinski definition) is 4. The van der Waals surface area contributed by atoms with Crippen molar-refractivity contribution in [2.75, 3.05) is 0 Å². The fourth-order valence-corrected chi connectivity index (χ4v) is 2.83. The number of fused-ring (bicyclic) bond motifs is 1. The van der Waals surface area contributed by atoms with Gasteiger partial charge in [-0.2, -0.15) is 0 Å². The summed E-state index contributed by atoms with van der Waals surface area (Å²) in [5.41, 5.74) is 3.17. The van der Waals surface area contributed by atoms with E-state index in [9.17, 15) is 15.3 Å². The van der Waals surface area contributed by atoms with Crippen molar-refractivity contribution in [3.8, 4) is 28.6 Å². The molecule has 26 heavy (non-hydrogen) atoms. The lowest BCUT2D eigenvalue weighted by atomic mass is 10.1. The molecule has 0 aliphatic rings. The molecule has 4 nitrogen and oxygen atoms in total. The van der Waals surface area contributed by atoms with Gasteiger partial charge in [0.15, 0.2) is 0 Å². The Morgan fingerprint density at radius 1 is 0.654 bits per heavy atom. The second-order valence-electron chi connectivity index (χ2n) is 6.03. The average Bonchev–Trinajstić information content (AvgIpc) is 3.05. The first kappa shape index (κ1) is 15.8. The molecular formula is C22H16O4. The van der Waals surface area contributed by atoms with E-state index in [-0.39, 0.29) is 17.2 Å². The van der Waals surface area contributed by atoms with Crippen molar-refractivity contribution in [3.05, 3.63) is 77.9 Å². The molecule has 0 atom stereocenters. The summed E-state index contributed by atoms with van der Waals surface area (Å²) in [5, 5.41) is 29.7. The Morgan fingerprint density at radius 3 is 2.00 bits per heavy atom. The number of hydrogen-bond donors (Lipinski definition) is 3. The molecule has 0 bridgehead atoms. The first-order valence-electron chi connectivity index (χ1n) is 8.11. The molecule has 0 saturated carbocycles. The molecule has 0 saturated heterocycles. The summed E-state index contributed by atoms with van der Waals surface area (Å²) in [5.74, 6) is 1.19. The van der Waals surface area contributed by atoms with Crippen LogP contribution in [0.5, 0.6) is 17.2 Å². The van der Waals surface area contributed by atoms with E-state index in [0.29, 0.717) is 11.3 Å². The van der Waals surface area contributed by atoms with Gasteiger partial charge in [0.2, 0.25) is 0 Å². The average molecular weight is 344 g/mol. The summed E-state index contributed by atoms with van der Waals surface area (Å²) in [7, 11) is 0. The van der Waals surface area contributed by atoms with Gasteiger partial charge in [-0.25, -0.2) is 0 Å². The standard InChI is InChI=1S/C22H16O4/c23-17-7-2-14(3-8-17)1-4-16-11-19(25)12-22-20(16)13-21(26-22)15-5-9-18(24)10-6-15/h1-13,23-25H/b4-1+. The van der Waals surface area contributed by atoms with Crippen molar-refractivity contribution >= 4 is 23.1 Å². The van der Waals surface area contributed by atoms with Crippen LogP contribution in [0.15, 0.2) is 71.1 Å². The van der Waals surface area contributed by atoms with Gasteiger partial charge in [-0.05, 0) is 59.7 Å². The van der Waals surface area contributed by atoms with Crippen molar-refractivity contribution in [3.63, 3.8) is 0 Å². The van der Waals surface area contributed by atoms with Crippen molar-refractivity contribution in [2.24, 2.45) is 0 Å². The zero-order chi connectivity index (χ0) is 18.1. The maximum absolute atomic E-state index is 10.0. The van der Waals surface area contributed by atoms with Crippen molar-refractivity contribution in [1.29, 1.82) is 0 Å². The maximum Gasteiger partial charge on any atom is 0.139 e. The van der Waals surface area contributed by atoms with Gasteiger partial charge in [0.25, 0.3) is 0 Å². The SMILES string of the molecule is Oc1ccc(/C=C/c2cc(O)cc3oc(-c4ccc(O)cc4)cc23)cc1. The quantitative estimate of drug-likeness (QED) is 0.436. The summed E-state index contributed by atoms with van der Waals surface area (Å²) in [6.07, 6.45) is 3.80. The number of furan rings is 1. The zero-order valence-electron chi connectivity index (χ0n) is 13.8. The normalized spacial score (nSPS) is 11.4. The van der Waals surface area contributed by atoms with Crippen molar-refractivity contribution < 1.29 is 19.7 Å². The van der Waals surface area contributed by atoms with Gasteiger partial charge in [0.1, 0.15) is 28.6 Å². The summed E-state index contributed by atoms with van der Waals surface area (Å²) in [6, 6.07) is 18.8. The third-order valence-electron chi connectivity index (χ3n) is 4.15. The Balaban J connectivity index is 1.76. The summed E-state index contributed by atoms with van der Waals surface area (Å²) >= 11 is 0. The van der Waals surface area contributed by atoms with Crippen LogP contribution < -0.4 is 0 Å². The second-order valence-corrected chi connectivity index (χ2v) is 6.03. The molecule has 128 valence electrons. The van der Waals surface area contributed by atoms with Gasteiger partial charge in [-0.3, -0.25) is 0 Å². The fourth-order valence-electron chi connectivity index (χ4n) is 2.83. The highest BCUT2D eigenvalue weighted by Crippen LogP contribution is 2.34. The minimum absolute atomic E-state index is 0.120. The number of rotatable bonds is 3. The van der Waals surface area contributed by atoms with Crippen LogP contribution in [-0.2, 0) is 0 Å². The molecule has 3 aromatic carbocycles. The molecule has 3 N–H and O–H groups in total. The summed E-state index contributed by atoms with van der Waals surface area (Å²) in [4.78, 5) is 0. The van der Waals surface area contributed by atoms with Crippen LogP contribution in [0.4, 0.5) is 0 Å². The predicted molar refractivity (Wildman–Crippen MR) is 102 cm³/mol. The third kappa shape index (κ3) is 3.13. The monoisotopic (exact) mass is 344 g/mol. The van der Waals surface area contributed by atoms with Crippen LogP contribution in [0.2, 0.25) is 0 Å². The largest absolute Gasteiger partial charge is 0.508 e. The van der Waals surface area contributed by atoms with E-state index in [4.69, 9.17) is 4.42 Å². The first-order chi connectivity index (χ1) is 12.6. The third-order valence-corrected chi connectivity index (χ3v) is 4.15. The fraction of sp³-hybridized carbons (Fsp3) is 0. The van der Waals surface area contributed by atoms with E-state index in [1.807, 2.05) is 30.4 Å². The Hall–Kier alpha value is -3.66. The molecule has 0 aliphatic carbocycles. The highest BCUT2D eigenvalue weighted by atomic mass is 16.3. The van der Waals surface area contributed by atoms with Crippen LogP contribution in [0.25, 0.3) is 34.4 Å². The lowest BCUT2D eigenvalue weighted by Gasteiger charge is -1.99. The molecule has 4 rings (SSSR count). The molecule has 0 unspecified atom stereocenters. The van der Waals surface area contributed by atoms with Crippen LogP contribution in [-0.4, -0.2) is 15.3 Å². The van der Waals surface area contributed by atoms with Gasteiger partial charge in [-0.1, -0.05) is 24.3 Å². The molecular weight excluding hydrogens is 328 g/mol. The molecule has 0 fully saturated rings. The topological polar surface area (TPSA) is 73.8 Å². The Morgan fingerprint density at radius 2 is 1.31 bits per heavy atom. The van der Waals surface area contributed by atoms with E-state index in [2.05, 4.69) is 0 Å². The molecule has 0 amide bonds. The lowest BCUT2D eigenvalue weighted by Crippen LogP contribution is -1.76. The van der Waals surface area contributed by atoms with E-state index >= 15 is 0 Å². The van der Waals surface area contributed by atoms with Gasteiger partial charge < -0.3 is 19.7 Å². The smallest absolute Gasteiger partial charge is 0.139 e. The summed E-state index contributed by atoms with van der Waals surface area (Å²) in [6.45, 7) is 0. The zero-order valence-corrected chi connectivity index (χ0v) is 13.8. The van der Waals surface area contributed by atoms with Crippen molar-refractivity contribution in [1.82, 2.24) is 0 Å². The highest BCUT2D eigenvalue weighted by Gasteiger charge is 2.10. The molecule has 1 aromatic heterocycles. The van der Waals surface area contributed by atoms with E-state index in [0.717, 1.165) is 22.1 Å². The number of benzene rings is 3. The van der Waals surface area contributed by atoms with Crippen LogP contribution in [0.3, 0.4) is 0 Å². The van der Waals surface area contributed by atoms with Gasteiger partial charge >= 0.3 is 0 Å².